The van der Waals surface area contributed by atoms with Crippen molar-refractivity contribution in [1.82, 2.24) is 0 Å². The lowest BCUT2D eigenvalue weighted by Crippen LogP contribution is -2.40. The highest BCUT2D eigenvalue weighted by molar-refractivity contribution is 7.99. The van der Waals surface area contributed by atoms with E-state index in [1.807, 2.05) is 18.2 Å². The molecule has 6 heteroatoms. The van der Waals surface area contributed by atoms with Crippen molar-refractivity contribution >= 4 is 23.5 Å². The Morgan fingerprint density at radius 1 is 1.30 bits per heavy atom. The fourth-order valence-corrected chi connectivity index (χ4v) is 5.78. The third-order valence-electron chi connectivity index (χ3n) is 6.48. The molecule has 2 saturated carbocycles. The number of carboxylic acid groups (broad SMARTS) is 1. The van der Waals surface area contributed by atoms with Crippen LogP contribution in [0.1, 0.15) is 54.4 Å². The Labute approximate surface area is 181 Å². The second kappa shape index (κ2) is 9.94. The molecule has 2 aliphatic carbocycles. The van der Waals surface area contributed by atoms with Crippen LogP contribution in [0.25, 0.3) is 0 Å². The number of Topliss-reactive ketones (excluding diaryl/α,β-unsaturated/α-hetero) is 1. The number of carboxylic acids is 1. The Morgan fingerprint density at radius 3 is 2.57 bits per heavy atom. The molecule has 2 fully saturated rings. The number of carbonyl (C=O) groups is 2. The molecule has 2 aliphatic rings. The zero-order chi connectivity index (χ0) is 21.7. The minimum absolute atomic E-state index is 0.0342. The number of rotatable bonds is 10. The van der Waals surface area contributed by atoms with Gasteiger partial charge in [-0.15, -0.1) is 18.3 Å². The topological polar surface area (TPSA) is 94.8 Å². The fourth-order valence-electron chi connectivity index (χ4n) is 4.44. The molecular weight excluding hydrogens is 400 g/mol. The van der Waals surface area contributed by atoms with Gasteiger partial charge >= 0.3 is 5.97 Å². The van der Waals surface area contributed by atoms with E-state index in [4.69, 9.17) is 5.11 Å². The second-order valence-electron chi connectivity index (χ2n) is 8.44. The average Bonchev–Trinajstić information content (AvgIpc) is 2.95. The summed E-state index contributed by atoms with van der Waals surface area (Å²) in [4.78, 5) is 23.4. The minimum atomic E-state index is -0.965. The van der Waals surface area contributed by atoms with Gasteiger partial charge in [-0.1, -0.05) is 36.8 Å². The van der Waals surface area contributed by atoms with Gasteiger partial charge in [-0.05, 0) is 43.4 Å². The lowest BCUT2D eigenvalue weighted by molar-refractivity contribution is -0.117. The van der Waals surface area contributed by atoms with Gasteiger partial charge in [-0.25, -0.2) is 4.79 Å². The first-order valence-electron chi connectivity index (χ1n) is 10.5. The SMILES string of the molecule is C=CCC1(C(O)C/C=C/[C@H]2C(O)CC(=O)C2SCc2ccc(C(=O)O)cc2)CCC1. The number of allylic oxidation sites excluding steroid dienone is 1. The molecule has 30 heavy (non-hydrogen) atoms. The molecule has 3 rings (SSSR count). The van der Waals surface area contributed by atoms with E-state index in [0.29, 0.717) is 12.2 Å². The Balaban J connectivity index is 1.58. The fraction of sp³-hybridized carbons (Fsp3) is 0.500. The van der Waals surface area contributed by atoms with E-state index in [-0.39, 0.29) is 34.4 Å². The van der Waals surface area contributed by atoms with E-state index < -0.39 is 18.2 Å². The van der Waals surface area contributed by atoms with E-state index in [9.17, 15) is 19.8 Å². The van der Waals surface area contributed by atoms with Gasteiger partial charge < -0.3 is 15.3 Å². The largest absolute Gasteiger partial charge is 0.478 e. The van der Waals surface area contributed by atoms with E-state index in [2.05, 4.69) is 6.58 Å². The molecule has 0 aliphatic heterocycles. The van der Waals surface area contributed by atoms with Crippen molar-refractivity contribution in [2.75, 3.05) is 0 Å². The van der Waals surface area contributed by atoms with Gasteiger partial charge in [-0.2, -0.15) is 0 Å². The molecular formula is C24H30O5S. The average molecular weight is 431 g/mol. The van der Waals surface area contributed by atoms with E-state index in [1.54, 1.807) is 24.3 Å². The smallest absolute Gasteiger partial charge is 0.335 e. The van der Waals surface area contributed by atoms with E-state index in [1.165, 1.54) is 11.8 Å². The Hall–Kier alpha value is -1.89. The minimum Gasteiger partial charge on any atom is -0.478 e. The molecule has 0 spiro atoms. The summed E-state index contributed by atoms with van der Waals surface area (Å²) in [6.45, 7) is 3.81. The van der Waals surface area contributed by atoms with Crippen molar-refractivity contribution in [2.45, 2.75) is 61.7 Å². The highest BCUT2D eigenvalue weighted by atomic mass is 32.2. The van der Waals surface area contributed by atoms with E-state index in [0.717, 1.165) is 31.2 Å². The molecule has 4 atom stereocenters. The quantitative estimate of drug-likeness (QED) is 0.486. The standard InChI is InChI=1S/C24H30O5S/c1-2-11-24(12-4-13-24)21(27)6-3-5-18-19(25)14-20(26)22(18)30-15-16-7-9-17(10-8-16)23(28)29/h2-3,5,7-10,18-19,21-22,25,27H,1,4,6,11-15H2,(H,28,29)/b5-3+/t18-,19?,21?,22?/m0/s1. The van der Waals surface area contributed by atoms with Crippen LogP contribution in [0.4, 0.5) is 0 Å². The summed E-state index contributed by atoms with van der Waals surface area (Å²) in [5.74, 6) is -0.637. The molecule has 1 aromatic rings. The maximum absolute atomic E-state index is 12.4. The van der Waals surface area contributed by atoms with Crippen LogP contribution in [-0.2, 0) is 10.5 Å². The number of thioether (sulfide) groups is 1. The molecule has 3 unspecified atom stereocenters. The Bertz CT molecular complexity index is 796. The number of hydrogen-bond acceptors (Lipinski definition) is 5. The van der Waals surface area contributed by atoms with Crippen LogP contribution in [-0.4, -0.2) is 44.5 Å². The molecule has 0 saturated heterocycles. The summed E-state index contributed by atoms with van der Waals surface area (Å²) in [6, 6.07) is 6.63. The third kappa shape index (κ3) is 5.05. The molecule has 0 bridgehead atoms. The summed E-state index contributed by atoms with van der Waals surface area (Å²) in [6.07, 6.45) is 9.17. The molecule has 0 heterocycles. The summed E-state index contributed by atoms with van der Waals surface area (Å²) in [5.41, 5.74) is 1.11. The maximum atomic E-state index is 12.4. The van der Waals surface area contributed by atoms with Crippen LogP contribution in [0.3, 0.4) is 0 Å². The first-order chi connectivity index (χ1) is 14.4. The molecule has 0 aromatic heterocycles. The Morgan fingerprint density at radius 2 is 2.00 bits per heavy atom. The number of aromatic carboxylic acids is 1. The lowest BCUT2D eigenvalue weighted by atomic mass is 9.62. The molecule has 162 valence electrons. The summed E-state index contributed by atoms with van der Waals surface area (Å²) < 4.78 is 0. The van der Waals surface area contributed by atoms with Crippen LogP contribution in [0.2, 0.25) is 0 Å². The van der Waals surface area contributed by atoms with Crippen LogP contribution in [0, 0.1) is 11.3 Å². The van der Waals surface area contributed by atoms with Crippen molar-refractivity contribution in [3.05, 3.63) is 60.2 Å². The van der Waals surface area contributed by atoms with E-state index >= 15 is 0 Å². The number of benzene rings is 1. The number of hydrogen-bond donors (Lipinski definition) is 3. The normalized spacial score (nSPS) is 26.5. The predicted molar refractivity (Wildman–Crippen MR) is 118 cm³/mol. The van der Waals surface area contributed by atoms with Crippen LogP contribution in [0.15, 0.2) is 49.1 Å². The highest BCUT2D eigenvalue weighted by Gasteiger charge is 2.42. The van der Waals surface area contributed by atoms with Gasteiger partial charge in [-0.3, -0.25) is 4.79 Å². The van der Waals surface area contributed by atoms with Gasteiger partial charge in [0.2, 0.25) is 0 Å². The molecule has 3 N–H and O–H groups in total. The zero-order valence-electron chi connectivity index (χ0n) is 17.1. The van der Waals surface area contributed by atoms with Crippen molar-refractivity contribution in [1.29, 1.82) is 0 Å². The lowest BCUT2D eigenvalue weighted by Gasteiger charge is -2.45. The monoisotopic (exact) mass is 430 g/mol. The van der Waals surface area contributed by atoms with Crippen molar-refractivity contribution in [3.8, 4) is 0 Å². The number of ketones is 1. The van der Waals surface area contributed by atoms with Gasteiger partial charge in [0, 0.05) is 23.5 Å². The van der Waals surface area contributed by atoms with Crippen LogP contribution >= 0.6 is 11.8 Å². The molecule has 0 amide bonds. The van der Waals surface area contributed by atoms with Gasteiger partial charge in [0.25, 0.3) is 0 Å². The molecule has 5 nitrogen and oxygen atoms in total. The predicted octanol–water partition coefficient (Wildman–Crippen LogP) is 3.99. The molecule has 0 radical (unpaired) electrons. The summed E-state index contributed by atoms with van der Waals surface area (Å²) in [7, 11) is 0. The number of aliphatic hydroxyl groups excluding tert-OH is 2. The highest BCUT2D eigenvalue weighted by Crippen LogP contribution is 2.48. The summed E-state index contributed by atoms with van der Waals surface area (Å²) >= 11 is 1.48. The van der Waals surface area contributed by atoms with Gasteiger partial charge in [0.15, 0.2) is 0 Å². The second-order valence-corrected chi connectivity index (χ2v) is 9.57. The van der Waals surface area contributed by atoms with Gasteiger partial charge in [0.05, 0.1) is 23.0 Å². The van der Waals surface area contributed by atoms with Crippen molar-refractivity contribution in [3.63, 3.8) is 0 Å². The first-order valence-corrected chi connectivity index (χ1v) is 11.5. The summed E-state index contributed by atoms with van der Waals surface area (Å²) in [5, 5.41) is 29.7. The van der Waals surface area contributed by atoms with Gasteiger partial charge in [0.1, 0.15) is 5.78 Å². The number of aliphatic hydroxyl groups is 2. The first kappa shape index (κ1) is 22.8. The third-order valence-corrected chi connectivity index (χ3v) is 7.91. The Kier molecular flexibility index (Phi) is 7.55. The maximum Gasteiger partial charge on any atom is 0.335 e. The molecule has 1 aromatic carbocycles. The van der Waals surface area contributed by atoms with Crippen molar-refractivity contribution in [2.24, 2.45) is 11.3 Å². The van der Waals surface area contributed by atoms with Crippen LogP contribution < -0.4 is 0 Å². The zero-order valence-corrected chi connectivity index (χ0v) is 17.9. The van der Waals surface area contributed by atoms with Crippen molar-refractivity contribution < 1.29 is 24.9 Å². The number of carbonyl (C=O) groups excluding carboxylic acids is 1. The van der Waals surface area contributed by atoms with Crippen LogP contribution in [0.5, 0.6) is 0 Å².